The topological polar surface area (TPSA) is 78.9 Å². The van der Waals surface area contributed by atoms with E-state index in [0.717, 1.165) is 17.0 Å². The van der Waals surface area contributed by atoms with E-state index in [4.69, 9.17) is 9.84 Å². The molecule has 1 aromatic rings. The number of morpholine rings is 1. The molecule has 6 nitrogen and oxygen atoms in total. The first-order chi connectivity index (χ1) is 8.63. The molecule has 7 heteroatoms. The van der Waals surface area contributed by atoms with Crippen LogP contribution in [0.15, 0.2) is 11.4 Å². The predicted molar refractivity (Wildman–Crippen MR) is 67.3 cm³/mol. The summed E-state index contributed by atoms with van der Waals surface area (Å²) in [6, 6.07) is 1.19. The number of thiophene rings is 1. The number of likely N-dealkylation sites (N-methyl/N-ethyl adjacent to an activating group) is 1. The van der Waals surface area contributed by atoms with Crippen molar-refractivity contribution in [3.63, 3.8) is 0 Å². The number of nitrogens with one attached hydrogen (secondary N) is 1. The minimum Gasteiger partial charge on any atom is -0.477 e. The Morgan fingerprint density at radius 1 is 1.61 bits per heavy atom. The summed E-state index contributed by atoms with van der Waals surface area (Å²) in [5.41, 5.74) is 0.759. The number of carbonyl (C=O) groups is 2. The molecule has 1 amide bonds. The Morgan fingerprint density at radius 3 is 3.00 bits per heavy atom. The molecule has 2 heterocycles. The van der Waals surface area contributed by atoms with Crippen molar-refractivity contribution in [2.75, 3.05) is 31.7 Å². The maximum Gasteiger partial charge on any atom is 0.345 e. The highest BCUT2D eigenvalue weighted by Crippen LogP contribution is 2.26. The molecule has 0 aliphatic carbocycles. The van der Waals surface area contributed by atoms with Crippen molar-refractivity contribution in [3.05, 3.63) is 16.3 Å². The number of carboxylic acid groups (broad SMARTS) is 1. The van der Waals surface area contributed by atoms with E-state index in [1.807, 2.05) is 4.90 Å². The number of amides is 1. The van der Waals surface area contributed by atoms with Gasteiger partial charge in [0.2, 0.25) is 5.91 Å². The zero-order valence-corrected chi connectivity index (χ0v) is 10.7. The highest BCUT2D eigenvalue weighted by molar-refractivity contribution is 7.12. The number of ether oxygens (including phenoxy) is 1. The average molecular weight is 270 g/mol. The molecule has 1 fully saturated rings. The smallest absolute Gasteiger partial charge is 0.345 e. The van der Waals surface area contributed by atoms with Gasteiger partial charge in [0.15, 0.2) is 0 Å². The lowest BCUT2D eigenvalue weighted by atomic mass is 10.2. The van der Waals surface area contributed by atoms with Crippen LogP contribution in [0.3, 0.4) is 0 Å². The Labute approximate surface area is 108 Å². The first-order valence-electron chi connectivity index (χ1n) is 5.51. The molecule has 1 aliphatic rings. The van der Waals surface area contributed by atoms with E-state index < -0.39 is 12.0 Å². The number of nitrogens with zero attached hydrogens (tertiary/aromatic N) is 1. The van der Waals surface area contributed by atoms with Crippen molar-refractivity contribution in [2.24, 2.45) is 0 Å². The fourth-order valence-electron chi connectivity index (χ4n) is 1.89. The molecule has 2 rings (SSSR count). The number of aromatic carboxylic acids is 1. The Bertz CT molecular complexity index is 460. The van der Waals surface area contributed by atoms with E-state index in [9.17, 15) is 9.59 Å². The second-order valence-electron chi connectivity index (χ2n) is 3.87. The van der Waals surface area contributed by atoms with Crippen LogP contribution in [0.25, 0.3) is 0 Å². The van der Waals surface area contributed by atoms with Crippen molar-refractivity contribution in [1.82, 2.24) is 5.32 Å². The van der Waals surface area contributed by atoms with Crippen LogP contribution >= 0.6 is 11.3 Å². The molecule has 98 valence electrons. The van der Waals surface area contributed by atoms with Gasteiger partial charge in [0.1, 0.15) is 10.9 Å². The summed E-state index contributed by atoms with van der Waals surface area (Å²) in [7, 11) is 1.57. The molecule has 1 atom stereocenters. The average Bonchev–Trinajstić information content (AvgIpc) is 2.87. The Kier molecular flexibility index (Phi) is 3.83. The summed E-state index contributed by atoms with van der Waals surface area (Å²) >= 11 is 1.16. The van der Waals surface area contributed by atoms with Gasteiger partial charge in [0.05, 0.1) is 13.2 Å². The molecule has 18 heavy (non-hydrogen) atoms. The van der Waals surface area contributed by atoms with Gasteiger partial charge < -0.3 is 20.1 Å². The van der Waals surface area contributed by atoms with E-state index in [0.29, 0.717) is 19.8 Å². The molecule has 1 unspecified atom stereocenters. The lowest BCUT2D eigenvalue weighted by Gasteiger charge is -2.35. The number of hydrogen-bond donors (Lipinski definition) is 2. The van der Waals surface area contributed by atoms with Gasteiger partial charge in [0, 0.05) is 24.7 Å². The van der Waals surface area contributed by atoms with Crippen molar-refractivity contribution < 1.29 is 19.4 Å². The van der Waals surface area contributed by atoms with Gasteiger partial charge in [-0.05, 0) is 6.07 Å². The molecular weight excluding hydrogens is 256 g/mol. The zero-order valence-electron chi connectivity index (χ0n) is 9.88. The minimum absolute atomic E-state index is 0.127. The van der Waals surface area contributed by atoms with Gasteiger partial charge in [-0.3, -0.25) is 4.79 Å². The standard InChI is InChI=1S/C11H14N2O4S/c1-12-10(14)8-5-17-3-2-13(8)7-4-9(11(15)16)18-6-7/h4,6,8H,2-3,5H2,1H3,(H,12,14)(H,15,16). The molecule has 0 aromatic carbocycles. The quantitative estimate of drug-likeness (QED) is 0.831. The normalized spacial score (nSPS) is 19.6. The van der Waals surface area contributed by atoms with Gasteiger partial charge in [-0.1, -0.05) is 0 Å². The summed E-state index contributed by atoms with van der Waals surface area (Å²) < 4.78 is 5.30. The fourth-order valence-corrected chi connectivity index (χ4v) is 2.63. The maximum atomic E-state index is 11.7. The lowest BCUT2D eigenvalue weighted by molar-refractivity contribution is -0.124. The summed E-state index contributed by atoms with van der Waals surface area (Å²) in [4.78, 5) is 24.8. The summed E-state index contributed by atoms with van der Waals surface area (Å²) in [6.07, 6.45) is 0. The van der Waals surface area contributed by atoms with E-state index in [1.165, 1.54) is 0 Å². The lowest BCUT2D eigenvalue weighted by Crippen LogP contribution is -2.53. The Morgan fingerprint density at radius 2 is 2.39 bits per heavy atom. The van der Waals surface area contributed by atoms with Gasteiger partial charge >= 0.3 is 5.97 Å². The van der Waals surface area contributed by atoms with Crippen LogP contribution in [0.1, 0.15) is 9.67 Å². The van der Waals surface area contributed by atoms with Crippen molar-refractivity contribution in [1.29, 1.82) is 0 Å². The number of hydrogen-bond acceptors (Lipinski definition) is 5. The Balaban J connectivity index is 2.22. The molecule has 1 saturated heterocycles. The first kappa shape index (κ1) is 12.8. The van der Waals surface area contributed by atoms with Crippen LogP contribution in [-0.4, -0.2) is 49.8 Å². The fraction of sp³-hybridized carbons (Fsp3) is 0.455. The van der Waals surface area contributed by atoms with Gasteiger partial charge in [-0.2, -0.15) is 0 Å². The molecule has 0 saturated carbocycles. The zero-order chi connectivity index (χ0) is 13.1. The predicted octanol–water partition coefficient (Wildman–Crippen LogP) is 0.398. The molecule has 0 bridgehead atoms. The van der Waals surface area contributed by atoms with E-state index in [2.05, 4.69) is 5.32 Å². The first-order valence-corrected chi connectivity index (χ1v) is 6.39. The highest BCUT2D eigenvalue weighted by Gasteiger charge is 2.29. The SMILES string of the molecule is CNC(=O)C1COCCN1c1csc(C(=O)O)c1. The summed E-state index contributed by atoms with van der Waals surface area (Å²) in [6.45, 7) is 1.43. The van der Waals surface area contributed by atoms with Gasteiger partial charge in [0.25, 0.3) is 0 Å². The molecule has 1 aliphatic heterocycles. The number of carbonyl (C=O) groups excluding carboxylic acids is 1. The molecule has 2 N–H and O–H groups in total. The third kappa shape index (κ3) is 2.46. The highest BCUT2D eigenvalue weighted by atomic mass is 32.1. The molecule has 0 radical (unpaired) electrons. The van der Waals surface area contributed by atoms with Crippen LogP contribution in [0.5, 0.6) is 0 Å². The van der Waals surface area contributed by atoms with Gasteiger partial charge in [-0.25, -0.2) is 4.79 Å². The molecule has 1 aromatic heterocycles. The summed E-state index contributed by atoms with van der Waals surface area (Å²) in [5.74, 6) is -1.08. The number of rotatable bonds is 3. The van der Waals surface area contributed by atoms with Crippen LogP contribution in [-0.2, 0) is 9.53 Å². The maximum absolute atomic E-state index is 11.7. The summed E-state index contributed by atoms with van der Waals surface area (Å²) in [5, 5.41) is 13.3. The molecule has 0 spiro atoms. The van der Waals surface area contributed by atoms with Crippen molar-refractivity contribution in [3.8, 4) is 0 Å². The second-order valence-corrected chi connectivity index (χ2v) is 4.78. The van der Waals surface area contributed by atoms with Crippen LogP contribution in [0.4, 0.5) is 5.69 Å². The van der Waals surface area contributed by atoms with Crippen molar-refractivity contribution in [2.45, 2.75) is 6.04 Å². The van der Waals surface area contributed by atoms with Gasteiger partial charge in [-0.15, -0.1) is 11.3 Å². The van der Waals surface area contributed by atoms with Crippen LogP contribution in [0, 0.1) is 0 Å². The largest absolute Gasteiger partial charge is 0.477 e. The monoisotopic (exact) mass is 270 g/mol. The van der Waals surface area contributed by atoms with E-state index >= 15 is 0 Å². The van der Waals surface area contributed by atoms with Crippen LogP contribution < -0.4 is 10.2 Å². The minimum atomic E-state index is -0.948. The van der Waals surface area contributed by atoms with E-state index in [-0.39, 0.29) is 10.8 Å². The third-order valence-corrected chi connectivity index (χ3v) is 3.71. The van der Waals surface area contributed by atoms with E-state index in [1.54, 1.807) is 18.5 Å². The third-order valence-electron chi connectivity index (χ3n) is 2.81. The second kappa shape index (κ2) is 5.36. The van der Waals surface area contributed by atoms with Crippen molar-refractivity contribution >= 4 is 28.9 Å². The number of carboxylic acids is 1. The Hall–Kier alpha value is -1.60. The number of anilines is 1. The van der Waals surface area contributed by atoms with Crippen LogP contribution in [0.2, 0.25) is 0 Å². The molecular formula is C11H14N2O4S.